The second-order valence-corrected chi connectivity index (χ2v) is 7.40. The van der Waals surface area contributed by atoms with Crippen LogP contribution in [-0.2, 0) is 4.74 Å². The van der Waals surface area contributed by atoms with Crippen LogP contribution in [0.2, 0.25) is 0 Å². The zero-order valence-corrected chi connectivity index (χ0v) is 17.0. The van der Waals surface area contributed by atoms with E-state index in [0.717, 1.165) is 5.56 Å². The number of nitriles is 1. The van der Waals surface area contributed by atoms with Crippen molar-refractivity contribution in [3.05, 3.63) is 95.1 Å². The molecule has 5 heteroatoms. The summed E-state index contributed by atoms with van der Waals surface area (Å²) in [6, 6.07) is 23.8. The van der Waals surface area contributed by atoms with Crippen molar-refractivity contribution in [3.8, 4) is 17.2 Å². The van der Waals surface area contributed by atoms with Crippen molar-refractivity contribution in [1.82, 2.24) is 5.32 Å². The second-order valence-electron chi connectivity index (χ2n) is 7.40. The first-order chi connectivity index (χ1) is 15.2. The summed E-state index contributed by atoms with van der Waals surface area (Å²) in [6.45, 7) is 0.738. The number of nitrogen functional groups attached to an aromatic ring is 1. The lowest BCUT2D eigenvalue weighted by molar-refractivity contribution is 0.143. The minimum atomic E-state index is -0.433. The number of carbonyl (C=O) groups is 1. The van der Waals surface area contributed by atoms with E-state index in [-0.39, 0.29) is 5.92 Å². The summed E-state index contributed by atoms with van der Waals surface area (Å²) in [4.78, 5) is 12.2. The molecule has 31 heavy (non-hydrogen) atoms. The maximum absolute atomic E-state index is 12.2. The van der Waals surface area contributed by atoms with E-state index in [9.17, 15) is 4.79 Å². The van der Waals surface area contributed by atoms with Gasteiger partial charge in [0.1, 0.15) is 6.61 Å². The molecule has 0 heterocycles. The van der Waals surface area contributed by atoms with Crippen LogP contribution in [0.25, 0.3) is 17.2 Å². The van der Waals surface area contributed by atoms with Crippen molar-refractivity contribution in [2.45, 2.75) is 12.3 Å². The molecule has 4 rings (SSSR count). The van der Waals surface area contributed by atoms with Crippen molar-refractivity contribution < 1.29 is 9.53 Å². The van der Waals surface area contributed by atoms with Crippen LogP contribution in [0.5, 0.6) is 0 Å². The molecule has 1 aliphatic carbocycles. The Morgan fingerprint density at radius 3 is 2.42 bits per heavy atom. The van der Waals surface area contributed by atoms with Crippen LogP contribution in [0, 0.1) is 11.3 Å². The summed E-state index contributed by atoms with van der Waals surface area (Å²) in [6.07, 6.45) is 3.93. The van der Waals surface area contributed by atoms with Gasteiger partial charge in [-0.2, -0.15) is 5.26 Å². The van der Waals surface area contributed by atoms with Gasteiger partial charge in [0.25, 0.3) is 0 Å². The highest BCUT2D eigenvalue weighted by atomic mass is 16.5. The van der Waals surface area contributed by atoms with Crippen LogP contribution in [0.3, 0.4) is 0 Å². The molecular formula is C26H23N3O2. The lowest BCUT2D eigenvalue weighted by atomic mass is 9.98. The Morgan fingerprint density at radius 2 is 1.74 bits per heavy atom. The molecule has 0 aromatic heterocycles. The van der Waals surface area contributed by atoms with Gasteiger partial charge < -0.3 is 15.8 Å². The number of nitrogens with zero attached hydrogens (tertiary/aromatic N) is 1. The fraction of sp³-hybridized carbons (Fsp3) is 0.154. The predicted octanol–water partition coefficient (Wildman–Crippen LogP) is 5.08. The van der Waals surface area contributed by atoms with Crippen molar-refractivity contribution in [2.75, 3.05) is 18.9 Å². The Morgan fingerprint density at radius 1 is 1.06 bits per heavy atom. The number of nitrogens with two attached hydrogens (primary N) is 1. The summed E-state index contributed by atoms with van der Waals surface area (Å²) in [5.41, 5.74) is 12.5. The number of benzene rings is 3. The zero-order chi connectivity index (χ0) is 21.6. The summed E-state index contributed by atoms with van der Waals surface area (Å²) in [5.74, 6) is 0.0472. The molecule has 0 bridgehead atoms. The molecule has 0 atom stereocenters. The SMILES string of the molecule is N#Cc1ccc(N)cc1C=CCCNC(=O)OCC1c2ccccc2-c2ccccc21. The smallest absolute Gasteiger partial charge is 0.407 e. The van der Waals surface area contributed by atoms with E-state index >= 15 is 0 Å². The summed E-state index contributed by atoms with van der Waals surface area (Å²) < 4.78 is 5.52. The Balaban J connectivity index is 1.29. The number of nitrogens with one attached hydrogen (secondary N) is 1. The van der Waals surface area contributed by atoms with Crippen molar-refractivity contribution in [3.63, 3.8) is 0 Å². The molecule has 1 amide bonds. The first-order valence-corrected chi connectivity index (χ1v) is 10.2. The fourth-order valence-corrected chi connectivity index (χ4v) is 3.94. The molecule has 0 saturated carbocycles. The average Bonchev–Trinajstić information content (AvgIpc) is 3.11. The van der Waals surface area contributed by atoms with Crippen molar-refractivity contribution >= 4 is 17.9 Å². The number of hydrogen-bond acceptors (Lipinski definition) is 4. The van der Waals surface area contributed by atoms with Crippen molar-refractivity contribution in [2.24, 2.45) is 0 Å². The third-order valence-corrected chi connectivity index (χ3v) is 5.42. The van der Waals surface area contributed by atoms with E-state index < -0.39 is 6.09 Å². The minimum absolute atomic E-state index is 0.0472. The monoisotopic (exact) mass is 409 g/mol. The Bertz CT molecular complexity index is 1130. The van der Waals surface area contributed by atoms with Gasteiger partial charge in [0.15, 0.2) is 0 Å². The predicted molar refractivity (Wildman–Crippen MR) is 122 cm³/mol. The molecule has 0 radical (unpaired) electrons. The standard InChI is InChI=1S/C26H23N3O2/c27-16-19-12-13-20(28)15-18(19)7-5-6-14-29-26(30)31-17-25-23-10-3-1-8-21(23)22-9-2-4-11-24(22)25/h1-5,7-13,15,25H,6,14,17,28H2,(H,29,30). The van der Waals surface area contributed by atoms with Gasteiger partial charge in [-0.15, -0.1) is 0 Å². The highest BCUT2D eigenvalue weighted by Gasteiger charge is 2.28. The highest BCUT2D eigenvalue weighted by Crippen LogP contribution is 2.44. The Hall–Kier alpha value is -4.04. The van der Waals surface area contributed by atoms with Crippen LogP contribution in [0.15, 0.2) is 72.8 Å². The van der Waals surface area contributed by atoms with Crippen LogP contribution < -0.4 is 11.1 Å². The van der Waals surface area contributed by atoms with Gasteiger partial charge in [-0.05, 0) is 52.4 Å². The maximum atomic E-state index is 12.2. The van der Waals surface area contributed by atoms with Gasteiger partial charge >= 0.3 is 6.09 Å². The topological polar surface area (TPSA) is 88.1 Å². The third-order valence-electron chi connectivity index (χ3n) is 5.42. The largest absolute Gasteiger partial charge is 0.449 e. The van der Waals surface area contributed by atoms with Gasteiger partial charge in [0.05, 0.1) is 11.6 Å². The lowest BCUT2D eigenvalue weighted by Gasteiger charge is -2.14. The number of ether oxygens (including phenoxy) is 1. The van der Waals surface area contributed by atoms with Crippen LogP contribution in [0.4, 0.5) is 10.5 Å². The highest BCUT2D eigenvalue weighted by molar-refractivity contribution is 5.79. The molecule has 0 fully saturated rings. The Labute approximate surface area is 181 Å². The van der Waals surface area contributed by atoms with Crippen LogP contribution in [0.1, 0.15) is 34.6 Å². The van der Waals surface area contributed by atoms with E-state index in [1.165, 1.54) is 22.3 Å². The number of amides is 1. The third kappa shape index (κ3) is 4.44. The molecule has 0 aliphatic heterocycles. The quantitative estimate of drug-likeness (QED) is 0.439. The molecule has 5 nitrogen and oxygen atoms in total. The van der Waals surface area contributed by atoms with Crippen LogP contribution >= 0.6 is 0 Å². The number of fused-ring (bicyclic) bond motifs is 3. The lowest BCUT2D eigenvalue weighted by Crippen LogP contribution is -2.26. The van der Waals surface area contributed by atoms with E-state index in [0.29, 0.717) is 30.8 Å². The summed E-state index contributed by atoms with van der Waals surface area (Å²) >= 11 is 0. The molecule has 1 aliphatic rings. The molecule has 0 spiro atoms. The first-order valence-electron chi connectivity index (χ1n) is 10.2. The summed E-state index contributed by atoms with van der Waals surface area (Å²) in [7, 11) is 0. The minimum Gasteiger partial charge on any atom is -0.449 e. The average molecular weight is 409 g/mol. The molecule has 154 valence electrons. The van der Waals surface area contributed by atoms with Gasteiger partial charge in [-0.3, -0.25) is 0 Å². The van der Waals surface area contributed by atoms with E-state index in [1.54, 1.807) is 18.2 Å². The van der Waals surface area contributed by atoms with E-state index in [1.807, 2.05) is 36.4 Å². The number of rotatable bonds is 6. The fourth-order valence-electron chi connectivity index (χ4n) is 3.94. The van der Waals surface area contributed by atoms with Gasteiger partial charge in [-0.25, -0.2) is 4.79 Å². The second kappa shape index (κ2) is 9.19. The zero-order valence-electron chi connectivity index (χ0n) is 17.0. The molecule has 0 saturated heterocycles. The van der Waals surface area contributed by atoms with Gasteiger partial charge in [-0.1, -0.05) is 60.7 Å². The molecular weight excluding hydrogens is 386 g/mol. The van der Waals surface area contributed by atoms with E-state index in [4.69, 9.17) is 15.7 Å². The number of carbonyl (C=O) groups excluding carboxylic acids is 1. The molecule has 3 N–H and O–H groups in total. The van der Waals surface area contributed by atoms with Crippen molar-refractivity contribution in [1.29, 1.82) is 5.26 Å². The van der Waals surface area contributed by atoms with E-state index in [2.05, 4.69) is 35.7 Å². The van der Waals surface area contributed by atoms with Crippen LogP contribution in [-0.4, -0.2) is 19.2 Å². The Kier molecular flexibility index (Phi) is 6.00. The molecule has 0 unspecified atom stereocenters. The number of alkyl carbamates (subject to hydrolysis) is 1. The summed E-state index contributed by atoms with van der Waals surface area (Å²) in [5, 5.41) is 11.9. The van der Waals surface area contributed by atoms with Gasteiger partial charge in [0, 0.05) is 18.2 Å². The maximum Gasteiger partial charge on any atom is 0.407 e. The molecule has 3 aromatic carbocycles. The molecule has 3 aromatic rings. The number of anilines is 1. The number of hydrogen-bond donors (Lipinski definition) is 2. The first kappa shape index (κ1) is 20.2. The normalized spacial score (nSPS) is 12.2. The van der Waals surface area contributed by atoms with Gasteiger partial charge in [0.2, 0.25) is 0 Å².